The molecule has 2 fully saturated rings. The molecule has 0 radical (unpaired) electrons. The highest BCUT2D eigenvalue weighted by Gasteiger charge is 2.53. The molecular weight excluding hydrogens is 545 g/mol. The van der Waals surface area contributed by atoms with Gasteiger partial charge in [-0.3, -0.25) is 14.4 Å². The molecule has 42 heavy (non-hydrogen) atoms. The molecule has 2 aromatic carbocycles. The molecule has 1 aliphatic heterocycles. The molecule has 2 heterocycles. The van der Waals surface area contributed by atoms with E-state index >= 15 is 0 Å². The van der Waals surface area contributed by atoms with Crippen molar-refractivity contribution < 1.29 is 40.3 Å². The summed E-state index contributed by atoms with van der Waals surface area (Å²) in [6, 6.07) is 8.95. The minimum atomic E-state index is -1.42. The Kier molecular flexibility index (Phi) is 7.30. The molecule has 226 valence electrons. The molecule has 10 nitrogen and oxygen atoms in total. The lowest BCUT2D eigenvalue weighted by Crippen LogP contribution is -2.66. The van der Waals surface area contributed by atoms with Crippen LogP contribution in [0.4, 0.5) is 4.39 Å². The first kappa shape index (κ1) is 28.0. The molecule has 2 saturated carbocycles. The SMILES string of the molecule is COc1ccc(F)cc1CNC(=O)C1(C)COc2c(oc3cc(C(=O)NC4CCC4)ccc23)C(=O)N1C1CC(OC)C1.[HH].[HH]. The lowest BCUT2D eigenvalue weighted by Gasteiger charge is -2.48. The van der Waals surface area contributed by atoms with Gasteiger partial charge in [0, 0.05) is 39.7 Å². The van der Waals surface area contributed by atoms with Crippen LogP contribution in [-0.2, 0) is 16.1 Å². The summed E-state index contributed by atoms with van der Waals surface area (Å²) >= 11 is 0. The molecular formula is C31H38FN3O7. The van der Waals surface area contributed by atoms with E-state index in [1.54, 1.807) is 32.2 Å². The van der Waals surface area contributed by atoms with E-state index < -0.39 is 23.2 Å². The predicted octanol–water partition coefficient (Wildman–Crippen LogP) is 4.44. The van der Waals surface area contributed by atoms with Gasteiger partial charge in [0.25, 0.3) is 11.8 Å². The third-order valence-electron chi connectivity index (χ3n) is 8.73. The Bertz CT molecular complexity index is 1560. The van der Waals surface area contributed by atoms with E-state index in [1.807, 2.05) is 0 Å². The lowest BCUT2D eigenvalue weighted by molar-refractivity contribution is -0.138. The number of hydrogen-bond donors (Lipinski definition) is 2. The van der Waals surface area contributed by atoms with Gasteiger partial charge in [-0.25, -0.2) is 4.39 Å². The third-order valence-corrected chi connectivity index (χ3v) is 8.73. The van der Waals surface area contributed by atoms with Crippen LogP contribution >= 0.6 is 0 Å². The number of amides is 3. The number of fused-ring (bicyclic) bond motifs is 3. The van der Waals surface area contributed by atoms with E-state index in [2.05, 4.69) is 10.6 Å². The highest BCUT2D eigenvalue weighted by molar-refractivity contribution is 6.06. The number of hydrogen-bond acceptors (Lipinski definition) is 7. The van der Waals surface area contributed by atoms with E-state index in [9.17, 15) is 18.8 Å². The number of carbonyl (C=O) groups is 3. The number of halogens is 1. The average Bonchev–Trinajstić information content (AvgIpc) is 3.26. The summed E-state index contributed by atoms with van der Waals surface area (Å²) in [6.45, 7) is 1.49. The fourth-order valence-corrected chi connectivity index (χ4v) is 5.87. The van der Waals surface area contributed by atoms with E-state index in [1.165, 1.54) is 30.2 Å². The Labute approximate surface area is 245 Å². The van der Waals surface area contributed by atoms with E-state index in [4.69, 9.17) is 18.6 Å². The van der Waals surface area contributed by atoms with Crippen molar-refractivity contribution in [1.29, 1.82) is 0 Å². The van der Waals surface area contributed by atoms with Crippen LogP contribution in [0.25, 0.3) is 11.0 Å². The van der Waals surface area contributed by atoms with Gasteiger partial charge in [0.2, 0.25) is 11.7 Å². The molecule has 1 atom stereocenters. The summed E-state index contributed by atoms with van der Waals surface area (Å²) < 4.78 is 36.9. The second-order valence-corrected chi connectivity index (χ2v) is 11.4. The van der Waals surface area contributed by atoms with Gasteiger partial charge in [-0.1, -0.05) is 0 Å². The largest absolute Gasteiger partial charge is 0.496 e. The fourth-order valence-electron chi connectivity index (χ4n) is 5.87. The summed E-state index contributed by atoms with van der Waals surface area (Å²) in [5, 5.41) is 6.40. The molecule has 0 spiro atoms. The van der Waals surface area contributed by atoms with Gasteiger partial charge in [-0.2, -0.15) is 0 Å². The van der Waals surface area contributed by atoms with Crippen molar-refractivity contribution in [2.75, 3.05) is 20.8 Å². The summed E-state index contributed by atoms with van der Waals surface area (Å²) in [5.74, 6) is -0.961. The van der Waals surface area contributed by atoms with E-state index in [0.717, 1.165) is 19.3 Å². The van der Waals surface area contributed by atoms with Crippen molar-refractivity contribution in [2.45, 2.75) is 69.3 Å². The summed E-state index contributed by atoms with van der Waals surface area (Å²) in [7, 11) is 3.08. The van der Waals surface area contributed by atoms with Gasteiger partial charge in [-0.05, 0) is 75.4 Å². The maximum atomic E-state index is 14.2. The highest BCUT2D eigenvalue weighted by atomic mass is 19.1. The van der Waals surface area contributed by atoms with Crippen LogP contribution in [-0.4, -0.2) is 67.2 Å². The minimum Gasteiger partial charge on any atom is -0.496 e. The van der Waals surface area contributed by atoms with Gasteiger partial charge < -0.3 is 34.2 Å². The van der Waals surface area contributed by atoms with Crippen LogP contribution in [0.1, 0.15) is 68.4 Å². The Morgan fingerprint density at radius 2 is 1.95 bits per heavy atom. The van der Waals surface area contributed by atoms with Crippen LogP contribution in [0.15, 0.2) is 40.8 Å². The smallest absolute Gasteiger partial charge is 0.294 e. The zero-order valence-electron chi connectivity index (χ0n) is 23.8. The molecule has 3 aromatic rings. The number of carbonyl (C=O) groups excluding carboxylic acids is 3. The zero-order valence-corrected chi connectivity index (χ0v) is 23.8. The standard InChI is InChI=1S/C31H34FN3O7.2H2/c1-31(30(38)33-15-18-11-19(32)8-10-24(18)40-3)16-41-26-23-9-7-17(28(36)34-20-5-4-6-20)12-25(23)42-27(26)29(37)35(31)21-13-22(14-21)39-2;;/h7-12,20-22H,4-6,13-16H2,1-3H3,(H,33,38)(H,34,36);2*1H. The van der Waals surface area contributed by atoms with Crippen LogP contribution in [0.3, 0.4) is 0 Å². The Balaban J connectivity index is 0.00000221. The number of rotatable bonds is 8. The molecule has 1 unspecified atom stereocenters. The van der Waals surface area contributed by atoms with Crippen molar-refractivity contribution in [2.24, 2.45) is 0 Å². The summed E-state index contributed by atoms with van der Waals surface area (Å²) in [6.07, 6.45) is 4.09. The molecule has 0 saturated heterocycles. The number of benzene rings is 2. The molecule has 6 rings (SSSR count). The second-order valence-electron chi connectivity index (χ2n) is 11.4. The summed E-state index contributed by atoms with van der Waals surface area (Å²) in [5.41, 5.74) is -0.178. The van der Waals surface area contributed by atoms with Gasteiger partial charge in [0.15, 0.2) is 11.3 Å². The van der Waals surface area contributed by atoms with E-state index in [0.29, 0.717) is 40.7 Å². The number of nitrogens with one attached hydrogen (secondary N) is 2. The van der Waals surface area contributed by atoms with Gasteiger partial charge in [0.05, 0.1) is 18.6 Å². The normalized spacial score (nSPS) is 23.7. The number of nitrogens with zero attached hydrogens (tertiary/aromatic N) is 1. The lowest BCUT2D eigenvalue weighted by atomic mass is 9.83. The van der Waals surface area contributed by atoms with Gasteiger partial charge >= 0.3 is 0 Å². The summed E-state index contributed by atoms with van der Waals surface area (Å²) in [4.78, 5) is 42.3. The Morgan fingerprint density at radius 1 is 1.17 bits per heavy atom. The predicted molar refractivity (Wildman–Crippen MR) is 154 cm³/mol. The average molecular weight is 584 g/mol. The van der Waals surface area contributed by atoms with Gasteiger partial charge in [-0.15, -0.1) is 0 Å². The number of furan rings is 1. The molecule has 2 aliphatic carbocycles. The van der Waals surface area contributed by atoms with Crippen LogP contribution < -0.4 is 20.1 Å². The monoisotopic (exact) mass is 583 g/mol. The van der Waals surface area contributed by atoms with Crippen LogP contribution in [0.5, 0.6) is 11.5 Å². The maximum absolute atomic E-state index is 14.2. The Morgan fingerprint density at radius 3 is 2.64 bits per heavy atom. The molecule has 1 aromatic heterocycles. The molecule has 2 N–H and O–H groups in total. The molecule has 11 heteroatoms. The molecule has 3 aliphatic rings. The van der Waals surface area contributed by atoms with Crippen molar-refractivity contribution >= 4 is 28.7 Å². The van der Waals surface area contributed by atoms with Crippen molar-refractivity contribution in [3.63, 3.8) is 0 Å². The zero-order chi connectivity index (χ0) is 29.6. The topological polar surface area (TPSA) is 119 Å². The second kappa shape index (κ2) is 10.9. The van der Waals surface area contributed by atoms with Crippen molar-refractivity contribution in [3.8, 4) is 11.5 Å². The van der Waals surface area contributed by atoms with Crippen molar-refractivity contribution in [1.82, 2.24) is 15.5 Å². The molecule has 0 bridgehead atoms. The first-order valence-corrected chi connectivity index (χ1v) is 14.2. The fraction of sp³-hybridized carbons (Fsp3) is 0.452. The quantitative estimate of drug-likeness (QED) is 0.402. The van der Waals surface area contributed by atoms with Crippen LogP contribution in [0, 0.1) is 5.82 Å². The number of methoxy groups -OCH3 is 2. The highest BCUT2D eigenvalue weighted by Crippen LogP contribution is 2.42. The van der Waals surface area contributed by atoms with Gasteiger partial charge in [0.1, 0.15) is 23.8 Å². The van der Waals surface area contributed by atoms with Crippen molar-refractivity contribution in [3.05, 3.63) is 59.1 Å². The van der Waals surface area contributed by atoms with E-state index in [-0.39, 0.29) is 51.6 Å². The first-order chi connectivity index (χ1) is 20.2. The third kappa shape index (κ3) is 4.85. The molecule has 3 amide bonds. The Hall–Kier alpha value is -4.12. The van der Waals surface area contributed by atoms with Crippen LogP contribution in [0.2, 0.25) is 0 Å². The first-order valence-electron chi connectivity index (χ1n) is 14.2. The maximum Gasteiger partial charge on any atom is 0.294 e. The minimum absolute atomic E-state index is 0. The number of ether oxygens (including phenoxy) is 3.